The lowest BCUT2D eigenvalue weighted by atomic mass is 10.1. The lowest BCUT2D eigenvalue weighted by Gasteiger charge is -2.05. The summed E-state index contributed by atoms with van der Waals surface area (Å²) in [5, 5.41) is 8.74. The first-order valence-corrected chi connectivity index (χ1v) is 7.07. The Morgan fingerprint density at radius 1 is 1.00 bits per heavy atom. The van der Waals surface area contributed by atoms with Crippen LogP contribution in [0.1, 0.15) is 71.1 Å². The van der Waals surface area contributed by atoms with Crippen molar-refractivity contribution in [3.8, 4) is 0 Å². The van der Waals surface area contributed by atoms with E-state index in [9.17, 15) is 4.79 Å². The average molecular weight is 294 g/mol. The van der Waals surface area contributed by atoms with E-state index >= 15 is 0 Å². The van der Waals surface area contributed by atoms with Gasteiger partial charge in [0.05, 0.1) is 16.1 Å². The topological polar surface area (TPSA) is 40.5 Å². The normalized spacial score (nSPS) is 10.4. The highest BCUT2D eigenvalue weighted by atomic mass is 79.9. The van der Waals surface area contributed by atoms with Crippen molar-refractivity contribution >= 4 is 22.1 Å². The highest BCUT2D eigenvalue weighted by molar-refractivity contribution is 9.07. The zero-order valence-corrected chi connectivity index (χ0v) is 11.8. The maximum absolute atomic E-state index is 11.0. The summed E-state index contributed by atoms with van der Waals surface area (Å²) in [5.41, 5.74) is 0. The number of halogens is 1. The second-order valence-electron chi connectivity index (χ2n) is 4.23. The third-order valence-electron chi connectivity index (χ3n) is 2.70. The third-order valence-corrected chi connectivity index (χ3v) is 3.10. The van der Waals surface area contributed by atoms with Crippen LogP contribution < -0.4 is 0 Å². The third kappa shape index (κ3) is 10.4. The molecule has 0 saturated carbocycles. The summed E-state index contributed by atoms with van der Waals surface area (Å²) in [4.78, 5) is 11.0. The summed E-state index contributed by atoms with van der Waals surface area (Å²) in [5.74, 6) is -0.261. The minimum atomic E-state index is -0.261. The van der Waals surface area contributed by atoms with Gasteiger partial charge in [0.1, 0.15) is 0 Å². The quantitative estimate of drug-likeness (QED) is 0.280. The van der Waals surface area contributed by atoms with Gasteiger partial charge in [-0.15, -0.1) is 0 Å². The number of carbonyl (C=O) groups is 1. The number of unbranched alkanes of at least 4 members (excludes halogenated alkanes) is 8. The highest BCUT2D eigenvalue weighted by Gasteiger charge is 2.05. The number of rotatable bonds is 10. The maximum Gasteiger partial charge on any atom is 0.256 e. The van der Waals surface area contributed by atoms with Crippen LogP contribution in [0.3, 0.4) is 0 Å². The van der Waals surface area contributed by atoms with E-state index in [1.165, 1.54) is 44.9 Å². The molecule has 3 nitrogen and oxygen atoms in total. The van der Waals surface area contributed by atoms with Gasteiger partial charge in [0.15, 0.2) is 0 Å². The van der Waals surface area contributed by atoms with Gasteiger partial charge in [-0.2, -0.15) is 4.09 Å². The molecular formula is C12H24BrNO2. The number of carbonyl (C=O) groups excluding carboxylic acids is 1. The molecule has 0 aliphatic rings. The average Bonchev–Trinajstić information content (AvgIpc) is 2.26. The Bertz CT molecular complexity index is 174. The monoisotopic (exact) mass is 293 g/mol. The van der Waals surface area contributed by atoms with E-state index in [0.717, 1.165) is 12.8 Å². The van der Waals surface area contributed by atoms with Gasteiger partial charge in [-0.05, 0) is 6.42 Å². The molecule has 0 radical (unpaired) electrons. The Balaban J connectivity index is 3.07. The minimum Gasteiger partial charge on any atom is -0.275 e. The van der Waals surface area contributed by atoms with Crippen molar-refractivity contribution in [2.75, 3.05) is 0 Å². The first-order valence-electron chi connectivity index (χ1n) is 6.36. The first kappa shape index (κ1) is 15.9. The Labute approximate surface area is 108 Å². The molecule has 0 aromatic carbocycles. The fraction of sp³-hybridized carbons (Fsp3) is 0.917. The molecule has 4 heteroatoms. The van der Waals surface area contributed by atoms with Crippen LogP contribution in [0.5, 0.6) is 0 Å². The van der Waals surface area contributed by atoms with Gasteiger partial charge in [-0.25, -0.2) is 0 Å². The molecule has 0 fully saturated rings. The zero-order valence-electron chi connectivity index (χ0n) is 10.3. The van der Waals surface area contributed by atoms with Crippen molar-refractivity contribution in [2.45, 2.75) is 71.1 Å². The molecule has 0 unspecified atom stereocenters. The van der Waals surface area contributed by atoms with Crippen LogP contribution in [0.25, 0.3) is 0 Å². The summed E-state index contributed by atoms with van der Waals surface area (Å²) in [6, 6.07) is 0. The number of hydrogen-bond donors (Lipinski definition) is 1. The molecule has 0 rings (SSSR count). The minimum absolute atomic E-state index is 0.261. The number of hydroxylamine groups is 1. The van der Waals surface area contributed by atoms with E-state index in [2.05, 4.69) is 23.1 Å². The largest absolute Gasteiger partial charge is 0.275 e. The second-order valence-corrected chi connectivity index (χ2v) is 4.90. The van der Waals surface area contributed by atoms with E-state index in [1.807, 2.05) is 0 Å². The Kier molecular flexibility index (Phi) is 11.3. The molecule has 16 heavy (non-hydrogen) atoms. The molecule has 0 aliphatic heterocycles. The van der Waals surface area contributed by atoms with Crippen LogP contribution in [-0.2, 0) is 4.79 Å². The highest BCUT2D eigenvalue weighted by Crippen LogP contribution is 2.11. The van der Waals surface area contributed by atoms with Crippen molar-refractivity contribution in [3.05, 3.63) is 0 Å². The Morgan fingerprint density at radius 3 is 1.88 bits per heavy atom. The van der Waals surface area contributed by atoms with Crippen molar-refractivity contribution in [2.24, 2.45) is 0 Å². The van der Waals surface area contributed by atoms with Crippen molar-refractivity contribution in [1.29, 1.82) is 0 Å². The molecular weight excluding hydrogens is 270 g/mol. The molecule has 0 aromatic heterocycles. The molecule has 1 amide bonds. The summed E-state index contributed by atoms with van der Waals surface area (Å²) >= 11 is 2.70. The van der Waals surface area contributed by atoms with Crippen LogP contribution in [0.4, 0.5) is 0 Å². The van der Waals surface area contributed by atoms with Crippen LogP contribution in [-0.4, -0.2) is 15.2 Å². The fourth-order valence-electron chi connectivity index (χ4n) is 1.68. The van der Waals surface area contributed by atoms with E-state index in [0.29, 0.717) is 10.5 Å². The number of nitrogens with zero attached hydrogens (tertiary/aromatic N) is 1. The fourth-order valence-corrected chi connectivity index (χ4v) is 1.86. The number of hydrogen-bond acceptors (Lipinski definition) is 2. The lowest BCUT2D eigenvalue weighted by molar-refractivity contribution is -0.143. The van der Waals surface area contributed by atoms with Gasteiger partial charge in [0.2, 0.25) is 0 Å². The van der Waals surface area contributed by atoms with Crippen LogP contribution >= 0.6 is 16.1 Å². The van der Waals surface area contributed by atoms with Gasteiger partial charge in [0, 0.05) is 6.42 Å². The number of amides is 1. The molecule has 0 saturated heterocycles. The van der Waals surface area contributed by atoms with Crippen molar-refractivity contribution < 1.29 is 10.0 Å². The van der Waals surface area contributed by atoms with E-state index in [-0.39, 0.29) is 5.91 Å². The van der Waals surface area contributed by atoms with Gasteiger partial charge in [-0.1, -0.05) is 58.3 Å². The molecule has 1 N–H and O–H groups in total. The van der Waals surface area contributed by atoms with Crippen LogP contribution in [0.2, 0.25) is 0 Å². The molecule has 0 spiro atoms. The molecule has 0 aliphatic carbocycles. The lowest BCUT2D eigenvalue weighted by Crippen LogP contribution is -2.15. The van der Waals surface area contributed by atoms with E-state index in [4.69, 9.17) is 5.21 Å². The summed E-state index contributed by atoms with van der Waals surface area (Å²) in [7, 11) is 0. The predicted molar refractivity (Wildman–Crippen MR) is 69.4 cm³/mol. The van der Waals surface area contributed by atoms with E-state index < -0.39 is 0 Å². The van der Waals surface area contributed by atoms with Gasteiger partial charge in [0.25, 0.3) is 5.91 Å². The van der Waals surface area contributed by atoms with Gasteiger partial charge in [-0.3, -0.25) is 10.0 Å². The first-order chi connectivity index (χ1) is 7.68. The Morgan fingerprint density at radius 2 is 1.44 bits per heavy atom. The summed E-state index contributed by atoms with van der Waals surface area (Å²) in [6.45, 7) is 2.23. The molecule has 96 valence electrons. The molecule has 0 aromatic rings. The van der Waals surface area contributed by atoms with Gasteiger partial charge >= 0.3 is 0 Å². The predicted octanol–water partition coefficient (Wildman–Crippen LogP) is 4.44. The smallest absolute Gasteiger partial charge is 0.256 e. The summed E-state index contributed by atoms with van der Waals surface area (Å²) < 4.78 is 0.498. The van der Waals surface area contributed by atoms with Gasteiger partial charge < -0.3 is 0 Å². The Hall–Kier alpha value is -0.0900. The van der Waals surface area contributed by atoms with Crippen molar-refractivity contribution in [3.63, 3.8) is 0 Å². The maximum atomic E-state index is 11.0. The van der Waals surface area contributed by atoms with Crippen molar-refractivity contribution in [1.82, 2.24) is 4.09 Å². The van der Waals surface area contributed by atoms with Crippen LogP contribution in [0, 0.1) is 0 Å². The molecule has 0 atom stereocenters. The SMILES string of the molecule is CCCCCCCCCCCC(=O)N(O)Br. The van der Waals surface area contributed by atoms with E-state index in [1.54, 1.807) is 0 Å². The molecule has 0 heterocycles. The summed E-state index contributed by atoms with van der Waals surface area (Å²) in [6.07, 6.45) is 11.5. The molecule has 0 bridgehead atoms. The zero-order chi connectivity index (χ0) is 12.2. The second kappa shape index (κ2) is 11.4. The van der Waals surface area contributed by atoms with Crippen LogP contribution in [0.15, 0.2) is 0 Å². The standard InChI is InChI=1S/C12H24BrNO2/c1-2-3-4-5-6-7-8-9-10-11-12(15)14(13)16/h16H,2-11H2,1H3.